The second kappa shape index (κ2) is 6.66. The topological polar surface area (TPSA) is 55.9 Å². The van der Waals surface area contributed by atoms with Crippen molar-refractivity contribution in [2.24, 2.45) is 5.84 Å². The van der Waals surface area contributed by atoms with Crippen molar-refractivity contribution >= 4 is 0 Å². The molecule has 0 aromatic carbocycles. The molecule has 1 atom stereocenters. The van der Waals surface area contributed by atoms with Crippen LogP contribution in [0.25, 0.3) is 0 Å². The fourth-order valence-electron chi connectivity index (χ4n) is 1.97. The molecule has 1 aromatic rings. The number of rotatable bonds is 7. The Kier molecular flexibility index (Phi) is 5.49. The van der Waals surface area contributed by atoms with E-state index in [4.69, 9.17) is 5.84 Å². The first-order valence-electron chi connectivity index (χ1n) is 6.26. The second-order valence-corrected chi connectivity index (χ2v) is 4.15. The van der Waals surface area contributed by atoms with Gasteiger partial charge < -0.3 is 0 Å². The number of nitrogens with two attached hydrogens (primary N) is 1. The maximum absolute atomic E-state index is 5.56. The summed E-state index contributed by atoms with van der Waals surface area (Å²) >= 11 is 0. The summed E-state index contributed by atoms with van der Waals surface area (Å²) < 4.78 is 2.08. The van der Waals surface area contributed by atoms with E-state index in [9.17, 15) is 0 Å². The number of hydrazine groups is 1. The van der Waals surface area contributed by atoms with Gasteiger partial charge in [-0.05, 0) is 25.8 Å². The van der Waals surface area contributed by atoms with E-state index in [1.165, 1.54) is 11.4 Å². The molecule has 0 spiro atoms. The van der Waals surface area contributed by atoms with Crippen LogP contribution in [0.4, 0.5) is 0 Å². The first kappa shape index (κ1) is 13.2. The van der Waals surface area contributed by atoms with Gasteiger partial charge in [-0.25, -0.2) is 0 Å². The minimum absolute atomic E-state index is 0.358. The Hall–Kier alpha value is -0.870. The number of aryl methyl sites for hydroxylation is 2. The van der Waals surface area contributed by atoms with E-state index in [1.54, 1.807) is 0 Å². The van der Waals surface area contributed by atoms with Crippen LogP contribution in [0.1, 0.15) is 45.0 Å². The predicted molar refractivity (Wildman–Crippen MR) is 67.0 cm³/mol. The standard InChI is InChI=1S/C12H24N4/c1-4-7-11(14-13)9-12-8-10(5-2)15-16(12)6-3/h8,11,14H,4-7,9,13H2,1-3H3. The first-order valence-corrected chi connectivity index (χ1v) is 6.26. The van der Waals surface area contributed by atoms with Crippen LogP contribution in [0.5, 0.6) is 0 Å². The summed E-state index contributed by atoms with van der Waals surface area (Å²) in [5.41, 5.74) is 5.35. The minimum Gasteiger partial charge on any atom is -0.271 e. The van der Waals surface area contributed by atoms with Crippen molar-refractivity contribution < 1.29 is 0 Å². The molecular formula is C12H24N4. The molecule has 3 N–H and O–H groups in total. The molecule has 0 aliphatic heterocycles. The first-order chi connectivity index (χ1) is 7.74. The molecule has 16 heavy (non-hydrogen) atoms. The highest BCUT2D eigenvalue weighted by molar-refractivity contribution is 5.11. The number of hydrogen-bond donors (Lipinski definition) is 2. The van der Waals surface area contributed by atoms with Crippen molar-refractivity contribution in [2.45, 2.75) is 59.0 Å². The van der Waals surface area contributed by atoms with Gasteiger partial charge in [0.25, 0.3) is 0 Å². The molecule has 1 unspecified atom stereocenters. The van der Waals surface area contributed by atoms with Crippen LogP contribution in [-0.4, -0.2) is 15.8 Å². The molecule has 1 rings (SSSR count). The highest BCUT2D eigenvalue weighted by Gasteiger charge is 2.11. The second-order valence-electron chi connectivity index (χ2n) is 4.15. The molecule has 0 saturated heterocycles. The summed E-state index contributed by atoms with van der Waals surface area (Å²) in [7, 11) is 0. The summed E-state index contributed by atoms with van der Waals surface area (Å²) in [6.07, 6.45) is 4.21. The van der Waals surface area contributed by atoms with Gasteiger partial charge in [0.2, 0.25) is 0 Å². The molecule has 1 aromatic heterocycles. The van der Waals surface area contributed by atoms with Crippen LogP contribution in [0, 0.1) is 0 Å². The van der Waals surface area contributed by atoms with Gasteiger partial charge in [0.1, 0.15) is 0 Å². The summed E-state index contributed by atoms with van der Waals surface area (Å²) in [5.74, 6) is 5.56. The predicted octanol–water partition coefficient (Wildman–Crippen LogP) is 1.64. The normalized spacial score (nSPS) is 13.0. The van der Waals surface area contributed by atoms with Crippen molar-refractivity contribution in [1.29, 1.82) is 0 Å². The Bertz CT molecular complexity index is 306. The maximum Gasteiger partial charge on any atom is 0.0624 e. The fourth-order valence-corrected chi connectivity index (χ4v) is 1.97. The van der Waals surface area contributed by atoms with Crippen LogP contribution in [0.2, 0.25) is 0 Å². The molecule has 0 aliphatic rings. The van der Waals surface area contributed by atoms with E-state index in [0.717, 1.165) is 32.2 Å². The lowest BCUT2D eigenvalue weighted by atomic mass is 10.1. The van der Waals surface area contributed by atoms with Gasteiger partial charge in [0.05, 0.1) is 5.69 Å². The maximum atomic E-state index is 5.56. The highest BCUT2D eigenvalue weighted by atomic mass is 15.3. The van der Waals surface area contributed by atoms with Crippen LogP contribution in [0.15, 0.2) is 6.07 Å². The summed E-state index contributed by atoms with van der Waals surface area (Å²) in [6.45, 7) is 7.37. The van der Waals surface area contributed by atoms with E-state index in [0.29, 0.717) is 6.04 Å². The Labute approximate surface area is 98.2 Å². The Morgan fingerprint density at radius 2 is 2.19 bits per heavy atom. The van der Waals surface area contributed by atoms with Crippen LogP contribution >= 0.6 is 0 Å². The molecule has 4 heteroatoms. The molecule has 4 nitrogen and oxygen atoms in total. The van der Waals surface area contributed by atoms with Gasteiger partial charge in [-0.2, -0.15) is 5.10 Å². The van der Waals surface area contributed by atoms with E-state index in [1.807, 2.05) is 0 Å². The van der Waals surface area contributed by atoms with Crippen molar-refractivity contribution in [3.8, 4) is 0 Å². The van der Waals surface area contributed by atoms with Crippen LogP contribution in [0.3, 0.4) is 0 Å². The SMILES string of the molecule is CCCC(Cc1cc(CC)nn1CC)NN. The van der Waals surface area contributed by atoms with Gasteiger partial charge in [-0.3, -0.25) is 16.0 Å². The van der Waals surface area contributed by atoms with Gasteiger partial charge in [-0.1, -0.05) is 20.3 Å². The lowest BCUT2D eigenvalue weighted by Gasteiger charge is -2.15. The Morgan fingerprint density at radius 1 is 1.44 bits per heavy atom. The molecular weight excluding hydrogens is 200 g/mol. The van der Waals surface area contributed by atoms with Gasteiger partial charge >= 0.3 is 0 Å². The summed E-state index contributed by atoms with van der Waals surface area (Å²) in [6, 6.07) is 2.56. The van der Waals surface area contributed by atoms with Gasteiger partial charge in [-0.15, -0.1) is 0 Å². The zero-order chi connectivity index (χ0) is 12.0. The van der Waals surface area contributed by atoms with Crippen molar-refractivity contribution in [3.05, 3.63) is 17.5 Å². The molecule has 0 amide bonds. The van der Waals surface area contributed by atoms with Crippen LogP contribution in [-0.2, 0) is 19.4 Å². The number of nitrogens with zero attached hydrogens (tertiary/aromatic N) is 2. The molecule has 0 bridgehead atoms. The van der Waals surface area contributed by atoms with Gasteiger partial charge in [0, 0.05) is 24.7 Å². The monoisotopic (exact) mass is 224 g/mol. The third kappa shape index (κ3) is 3.32. The quantitative estimate of drug-likeness (QED) is 0.547. The molecule has 0 aliphatic carbocycles. The Balaban J connectivity index is 2.73. The smallest absolute Gasteiger partial charge is 0.0624 e. The summed E-state index contributed by atoms with van der Waals surface area (Å²) in [4.78, 5) is 0. The lowest BCUT2D eigenvalue weighted by molar-refractivity contribution is 0.467. The third-order valence-electron chi connectivity index (χ3n) is 2.90. The number of nitrogens with one attached hydrogen (secondary N) is 1. The average Bonchev–Trinajstić information content (AvgIpc) is 2.70. The minimum atomic E-state index is 0.358. The van der Waals surface area contributed by atoms with E-state index in [-0.39, 0.29) is 0 Å². The lowest BCUT2D eigenvalue weighted by Crippen LogP contribution is -2.37. The van der Waals surface area contributed by atoms with Gasteiger partial charge in [0.15, 0.2) is 0 Å². The van der Waals surface area contributed by atoms with Crippen molar-refractivity contribution in [3.63, 3.8) is 0 Å². The highest BCUT2D eigenvalue weighted by Crippen LogP contribution is 2.10. The number of hydrogen-bond acceptors (Lipinski definition) is 3. The largest absolute Gasteiger partial charge is 0.271 e. The van der Waals surface area contributed by atoms with E-state index in [2.05, 4.69) is 42.0 Å². The van der Waals surface area contributed by atoms with Crippen molar-refractivity contribution in [1.82, 2.24) is 15.2 Å². The molecule has 1 heterocycles. The molecule has 0 radical (unpaired) electrons. The molecule has 0 saturated carbocycles. The van der Waals surface area contributed by atoms with E-state index < -0.39 is 0 Å². The zero-order valence-electron chi connectivity index (χ0n) is 10.7. The van der Waals surface area contributed by atoms with Crippen LogP contribution < -0.4 is 11.3 Å². The summed E-state index contributed by atoms with van der Waals surface area (Å²) in [5, 5.41) is 4.54. The molecule has 92 valence electrons. The van der Waals surface area contributed by atoms with E-state index >= 15 is 0 Å². The number of aromatic nitrogens is 2. The van der Waals surface area contributed by atoms with Crippen molar-refractivity contribution in [2.75, 3.05) is 0 Å². The average molecular weight is 224 g/mol. The zero-order valence-corrected chi connectivity index (χ0v) is 10.7. The molecule has 0 fully saturated rings. The fraction of sp³-hybridized carbons (Fsp3) is 0.750. The Morgan fingerprint density at radius 3 is 2.69 bits per heavy atom. The third-order valence-corrected chi connectivity index (χ3v) is 2.90.